The van der Waals surface area contributed by atoms with Crippen molar-refractivity contribution in [3.8, 4) is 16.9 Å². The SMILES string of the molecule is COCCN(CC(=O)Nc1cc(-c2ccccc2)nn1-c1ccc(C)cc1)C(=O)CCc1ccccc1. The van der Waals surface area contributed by atoms with Gasteiger partial charge in [-0.15, -0.1) is 0 Å². The topological polar surface area (TPSA) is 76.5 Å². The number of carbonyl (C=O) groups is 2. The molecular formula is C30H32N4O3. The molecule has 2 amide bonds. The van der Waals surface area contributed by atoms with Crippen molar-refractivity contribution in [2.24, 2.45) is 0 Å². The minimum absolute atomic E-state index is 0.0727. The van der Waals surface area contributed by atoms with Crippen LogP contribution in [0.3, 0.4) is 0 Å². The van der Waals surface area contributed by atoms with Crippen molar-refractivity contribution in [3.05, 3.63) is 102 Å². The highest BCUT2D eigenvalue weighted by molar-refractivity contribution is 5.94. The van der Waals surface area contributed by atoms with Gasteiger partial charge in [0.2, 0.25) is 11.8 Å². The van der Waals surface area contributed by atoms with Crippen LogP contribution in [0.5, 0.6) is 0 Å². The maximum Gasteiger partial charge on any atom is 0.245 e. The highest BCUT2D eigenvalue weighted by atomic mass is 16.5. The molecular weight excluding hydrogens is 464 g/mol. The van der Waals surface area contributed by atoms with Gasteiger partial charge < -0.3 is 15.0 Å². The molecule has 1 N–H and O–H groups in total. The van der Waals surface area contributed by atoms with E-state index in [-0.39, 0.29) is 18.4 Å². The molecule has 0 bridgehead atoms. The van der Waals surface area contributed by atoms with Gasteiger partial charge in [-0.25, -0.2) is 4.68 Å². The quantitative estimate of drug-likeness (QED) is 0.321. The van der Waals surface area contributed by atoms with Crippen LogP contribution in [0.15, 0.2) is 91.0 Å². The first-order valence-electron chi connectivity index (χ1n) is 12.4. The van der Waals surface area contributed by atoms with E-state index in [1.54, 1.807) is 16.7 Å². The zero-order valence-electron chi connectivity index (χ0n) is 21.3. The fourth-order valence-corrected chi connectivity index (χ4v) is 4.01. The summed E-state index contributed by atoms with van der Waals surface area (Å²) >= 11 is 0. The molecule has 3 aromatic carbocycles. The summed E-state index contributed by atoms with van der Waals surface area (Å²) in [5, 5.41) is 7.74. The van der Waals surface area contributed by atoms with E-state index in [1.165, 1.54) is 0 Å². The summed E-state index contributed by atoms with van der Waals surface area (Å²) in [7, 11) is 1.58. The number of aromatic nitrogens is 2. The molecule has 0 radical (unpaired) electrons. The molecule has 0 saturated carbocycles. The fourth-order valence-electron chi connectivity index (χ4n) is 4.01. The monoisotopic (exact) mass is 496 g/mol. The van der Waals surface area contributed by atoms with Gasteiger partial charge in [0.25, 0.3) is 0 Å². The molecule has 0 aliphatic rings. The summed E-state index contributed by atoms with van der Waals surface area (Å²) in [4.78, 5) is 27.7. The van der Waals surface area contributed by atoms with Gasteiger partial charge >= 0.3 is 0 Å². The smallest absolute Gasteiger partial charge is 0.245 e. The van der Waals surface area contributed by atoms with Crippen molar-refractivity contribution in [2.75, 3.05) is 32.1 Å². The number of benzene rings is 3. The van der Waals surface area contributed by atoms with Gasteiger partial charge in [-0.2, -0.15) is 5.10 Å². The number of aryl methyl sites for hydroxylation is 2. The molecule has 7 heteroatoms. The van der Waals surface area contributed by atoms with Crippen molar-refractivity contribution in [3.63, 3.8) is 0 Å². The van der Waals surface area contributed by atoms with E-state index >= 15 is 0 Å². The lowest BCUT2D eigenvalue weighted by molar-refractivity contribution is -0.135. The normalized spacial score (nSPS) is 10.8. The molecule has 0 saturated heterocycles. The maximum atomic E-state index is 13.2. The number of rotatable bonds is 11. The van der Waals surface area contributed by atoms with Crippen LogP contribution in [-0.2, 0) is 20.7 Å². The molecule has 0 aliphatic carbocycles. The average Bonchev–Trinajstić information content (AvgIpc) is 3.34. The third kappa shape index (κ3) is 7.15. The van der Waals surface area contributed by atoms with Gasteiger partial charge in [0.15, 0.2) is 0 Å². The number of ether oxygens (including phenoxy) is 1. The van der Waals surface area contributed by atoms with Gasteiger partial charge in [-0.05, 0) is 31.0 Å². The van der Waals surface area contributed by atoms with Crippen LogP contribution < -0.4 is 5.32 Å². The van der Waals surface area contributed by atoms with E-state index < -0.39 is 0 Å². The largest absolute Gasteiger partial charge is 0.383 e. The zero-order valence-corrected chi connectivity index (χ0v) is 21.3. The summed E-state index contributed by atoms with van der Waals surface area (Å²) in [6.45, 7) is 2.64. The second-order valence-electron chi connectivity index (χ2n) is 8.87. The Morgan fingerprint density at radius 2 is 1.62 bits per heavy atom. The van der Waals surface area contributed by atoms with Gasteiger partial charge in [0, 0.05) is 31.7 Å². The number of amides is 2. The van der Waals surface area contributed by atoms with Crippen LogP contribution >= 0.6 is 0 Å². The molecule has 7 nitrogen and oxygen atoms in total. The minimum Gasteiger partial charge on any atom is -0.383 e. The number of nitrogens with one attached hydrogen (secondary N) is 1. The number of anilines is 1. The zero-order chi connectivity index (χ0) is 26.0. The van der Waals surface area contributed by atoms with Crippen molar-refractivity contribution in [2.45, 2.75) is 19.8 Å². The molecule has 0 spiro atoms. The number of methoxy groups -OCH3 is 1. The second-order valence-corrected chi connectivity index (χ2v) is 8.87. The van der Waals surface area contributed by atoms with Crippen molar-refractivity contribution in [1.29, 1.82) is 0 Å². The summed E-state index contributed by atoms with van der Waals surface area (Å²) in [5.74, 6) is 0.154. The van der Waals surface area contributed by atoms with E-state index in [2.05, 4.69) is 5.32 Å². The molecule has 0 atom stereocenters. The van der Waals surface area contributed by atoms with Gasteiger partial charge in [0.05, 0.1) is 24.5 Å². The van der Waals surface area contributed by atoms with Gasteiger partial charge in [-0.1, -0.05) is 78.4 Å². The molecule has 0 fully saturated rings. The van der Waals surface area contributed by atoms with E-state index in [9.17, 15) is 9.59 Å². The van der Waals surface area contributed by atoms with Crippen LogP contribution in [-0.4, -0.2) is 53.3 Å². The Labute approximate surface area is 217 Å². The molecule has 4 rings (SSSR count). The lowest BCUT2D eigenvalue weighted by atomic mass is 10.1. The third-order valence-corrected chi connectivity index (χ3v) is 6.05. The van der Waals surface area contributed by atoms with Crippen molar-refractivity contribution in [1.82, 2.24) is 14.7 Å². The molecule has 37 heavy (non-hydrogen) atoms. The predicted molar refractivity (Wildman–Crippen MR) is 146 cm³/mol. The first-order chi connectivity index (χ1) is 18.0. The Bertz CT molecular complexity index is 1300. The Hall–Kier alpha value is -4.23. The minimum atomic E-state index is -0.294. The van der Waals surface area contributed by atoms with E-state index in [4.69, 9.17) is 9.84 Å². The van der Waals surface area contributed by atoms with E-state index in [1.807, 2.05) is 97.9 Å². The fraction of sp³-hybridized carbons (Fsp3) is 0.233. The maximum absolute atomic E-state index is 13.2. The molecule has 190 valence electrons. The lowest BCUT2D eigenvalue weighted by Gasteiger charge is -2.22. The number of nitrogens with zero attached hydrogens (tertiary/aromatic N) is 3. The molecule has 0 unspecified atom stereocenters. The predicted octanol–water partition coefficient (Wildman–Crippen LogP) is 4.89. The van der Waals surface area contributed by atoms with Crippen LogP contribution in [0.1, 0.15) is 17.5 Å². The summed E-state index contributed by atoms with van der Waals surface area (Å²) in [6.07, 6.45) is 0.936. The highest BCUT2D eigenvalue weighted by Gasteiger charge is 2.19. The number of hydrogen-bond acceptors (Lipinski definition) is 4. The highest BCUT2D eigenvalue weighted by Crippen LogP contribution is 2.25. The van der Waals surface area contributed by atoms with Crippen LogP contribution in [0.25, 0.3) is 16.9 Å². The van der Waals surface area contributed by atoms with Gasteiger partial charge in [0.1, 0.15) is 5.82 Å². The summed E-state index contributed by atoms with van der Waals surface area (Å²) in [6, 6.07) is 29.4. The van der Waals surface area contributed by atoms with Crippen LogP contribution in [0.4, 0.5) is 5.82 Å². The first-order valence-corrected chi connectivity index (χ1v) is 12.4. The van der Waals surface area contributed by atoms with E-state index in [0.29, 0.717) is 31.8 Å². The third-order valence-electron chi connectivity index (χ3n) is 6.05. The molecule has 4 aromatic rings. The Balaban J connectivity index is 1.51. The Morgan fingerprint density at radius 3 is 2.30 bits per heavy atom. The first kappa shape index (κ1) is 25.9. The van der Waals surface area contributed by atoms with Crippen LogP contribution in [0.2, 0.25) is 0 Å². The molecule has 1 heterocycles. The Kier molecular flexibility index (Phi) is 8.84. The van der Waals surface area contributed by atoms with Crippen LogP contribution in [0, 0.1) is 6.92 Å². The standard InChI is InChI=1S/C30H32N4O3/c1-23-13-16-26(17-14-23)34-28(21-27(32-34)25-11-7-4-8-12-25)31-29(35)22-33(19-20-37-2)30(36)18-15-24-9-5-3-6-10-24/h3-14,16-17,21H,15,18-20,22H2,1-2H3,(H,31,35). The molecule has 1 aromatic heterocycles. The summed E-state index contributed by atoms with van der Waals surface area (Å²) in [5.41, 5.74) is 4.74. The van der Waals surface area contributed by atoms with Crippen molar-refractivity contribution >= 4 is 17.6 Å². The number of hydrogen-bond donors (Lipinski definition) is 1. The second kappa shape index (κ2) is 12.6. The van der Waals surface area contributed by atoms with Crippen molar-refractivity contribution < 1.29 is 14.3 Å². The molecule has 0 aliphatic heterocycles. The number of carbonyl (C=O) groups excluding carboxylic acids is 2. The van der Waals surface area contributed by atoms with E-state index in [0.717, 1.165) is 28.1 Å². The summed E-state index contributed by atoms with van der Waals surface area (Å²) < 4.78 is 6.90. The average molecular weight is 497 g/mol. The Morgan fingerprint density at radius 1 is 0.946 bits per heavy atom. The lowest BCUT2D eigenvalue weighted by Crippen LogP contribution is -2.40. The van der Waals surface area contributed by atoms with Gasteiger partial charge in [-0.3, -0.25) is 9.59 Å².